The molecule has 2 atom stereocenters. The molecule has 1 amide bonds. The second kappa shape index (κ2) is 7.13. The molecule has 0 aromatic carbocycles. The maximum atomic E-state index is 11.9. The molecule has 0 aliphatic carbocycles. The van der Waals surface area contributed by atoms with Gasteiger partial charge in [0.15, 0.2) is 0 Å². The van der Waals surface area contributed by atoms with Crippen LogP contribution in [0.1, 0.15) is 61.8 Å². The fourth-order valence-electron chi connectivity index (χ4n) is 1.44. The summed E-state index contributed by atoms with van der Waals surface area (Å²) in [4.78, 5) is 11.9. The quantitative estimate of drug-likeness (QED) is 0.727. The maximum absolute atomic E-state index is 11.9. The number of carbonyl (C=O) groups excluding carboxylic acids is 1. The van der Waals surface area contributed by atoms with E-state index >= 15 is 0 Å². The third-order valence-corrected chi connectivity index (χ3v) is 3.43. The largest absolute Gasteiger partial charge is 0.444 e. The minimum atomic E-state index is -0.474. The predicted octanol–water partition coefficient (Wildman–Crippen LogP) is 3.52. The molecule has 0 saturated carbocycles. The van der Waals surface area contributed by atoms with Gasteiger partial charge >= 0.3 is 6.09 Å². The molecule has 0 aromatic heterocycles. The lowest BCUT2D eigenvalue weighted by atomic mass is 9.97. The number of rotatable bonds is 6. The SMILES string of the molecule is CCC(C)CN[C@@](C)(NC(=O)OC(C)(C)C)C(C)C. The third-order valence-electron chi connectivity index (χ3n) is 3.43. The van der Waals surface area contributed by atoms with Gasteiger partial charge in [0.25, 0.3) is 0 Å². The average Bonchev–Trinajstić information content (AvgIpc) is 2.22. The van der Waals surface area contributed by atoms with Crippen molar-refractivity contribution in [3.05, 3.63) is 0 Å². The molecule has 0 aromatic rings. The van der Waals surface area contributed by atoms with Crippen LogP contribution in [-0.2, 0) is 4.74 Å². The van der Waals surface area contributed by atoms with Crippen LogP contribution in [0.3, 0.4) is 0 Å². The Balaban J connectivity index is 4.58. The predicted molar refractivity (Wildman–Crippen MR) is 80.1 cm³/mol. The molecular weight excluding hydrogens is 240 g/mol. The lowest BCUT2D eigenvalue weighted by molar-refractivity contribution is 0.0395. The Morgan fingerprint density at radius 2 is 1.68 bits per heavy atom. The Bertz CT molecular complexity index is 284. The van der Waals surface area contributed by atoms with Crippen LogP contribution in [0.25, 0.3) is 0 Å². The summed E-state index contributed by atoms with van der Waals surface area (Å²) < 4.78 is 5.33. The summed E-state index contributed by atoms with van der Waals surface area (Å²) in [6.45, 7) is 17.0. The smallest absolute Gasteiger partial charge is 0.409 e. The molecule has 4 heteroatoms. The summed E-state index contributed by atoms with van der Waals surface area (Å²) in [5.74, 6) is 0.850. The highest BCUT2D eigenvalue weighted by molar-refractivity contribution is 5.68. The molecule has 0 rings (SSSR count). The Morgan fingerprint density at radius 3 is 2.05 bits per heavy atom. The van der Waals surface area contributed by atoms with E-state index in [-0.39, 0.29) is 12.0 Å². The van der Waals surface area contributed by atoms with Crippen molar-refractivity contribution >= 4 is 6.09 Å². The summed E-state index contributed by atoms with van der Waals surface area (Å²) >= 11 is 0. The van der Waals surface area contributed by atoms with Crippen molar-refractivity contribution in [3.8, 4) is 0 Å². The van der Waals surface area contributed by atoms with E-state index in [0.29, 0.717) is 5.92 Å². The van der Waals surface area contributed by atoms with Crippen molar-refractivity contribution in [2.24, 2.45) is 11.8 Å². The molecule has 19 heavy (non-hydrogen) atoms. The highest BCUT2D eigenvalue weighted by Gasteiger charge is 2.31. The van der Waals surface area contributed by atoms with E-state index in [1.54, 1.807) is 0 Å². The molecule has 0 radical (unpaired) electrons. The Kier molecular flexibility index (Phi) is 6.84. The van der Waals surface area contributed by atoms with Gasteiger partial charge in [0.1, 0.15) is 5.60 Å². The lowest BCUT2D eigenvalue weighted by Crippen LogP contribution is -2.61. The first-order valence-corrected chi connectivity index (χ1v) is 7.26. The van der Waals surface area contributed by atoms with Crippen LogP contribution in [0, 0.1) is 11.8 Å². The molecule has 4 nitrogen and oxygen atoms in total. The molecular formula is C15H32N2O2. The van der Waals surface area contributed by atoms with Gasteiger partial charge in [-0.25, -0.2) is 4.79 Å². The summed E-state index contributed by atoms with van der Waals surface area (Å²) in [6.07, 6.45) is 0.744. The maximum Gasteiger partial charge on any atom is 0.409 e. The zero-order valence-electron chi connectivity index (χ0n) is 13.9. The molecule has 0 aliphatic heterocycles. The topological polar surface area (TPSA) is 50.4 Å². The van der Waals surface area contributed by atoms with Crippen LogP contribution in [0.2, 0.25) is 0 Å². The van der Waals surface area contributed by atoms with E-state index in [1.807, 2.05) is 27.7 Å². The van der Waals surface area contributed by atoms with Crippen LogP contribution >= 0.6 is 0 Å². The van der Waals surface area contributed by atoms with Crippen molar-refractivity contribution in [3.63, 3.8) is 0 Å². The monoisotopic (exact) mass is 272 g/mol. The van der Waals surface area contributed by atoms with Gasteiger partial charge in [0, 0.05) is 0 Å². The molecule has 0 bridgehead atoms. The van der Waals surface area contributed by atoms with Gasteiger partial charge in [0.2, 0.25) is 0 Å². The van der Waals surface area contributed by atoms with Crippen LogP contribution in [0.5, 0.6) is 0 Å². The Labute approximate surface area is 118 Å². The summed E-state index contributed by atoms with van der Waals surface area (Å²) in [5, 5.41) is 6.41. The highest BCUT2D eigenvalue weighted by atomic mass is 16.6. The summed E-state index contributed by atoms with van der Waals surface area (Å²) in [7, 11) is 0. The van der Waals surface area contributed by atoms with Gasteiger partial charge in [-0.3, -0.25) is 5.32 Å². The fraction of sp³-hybridized carbons (Fsp3) is 0.933. The number of hydrogen-bond donors (Lipinski definition) is 2. The first-order chi connectivity index (χ1) is 8.50. The molecule has 0 aliphatic rings. The van der Waals surface area contributed by atoms with Gasteiger partial charge in [0.05, 0.1) is 5.66 Å². The molecule has 0 heterocycles. The van der Waals surface area contributed by atoms with Gasteiger partial charge in [-0.05, 0) is 46.1 Å². The van der Waals surface area contributed by atoms with Gasteiger partial charge in [-0.1, -0.05) is 34.1 Å². The van der Waals surface area contributed by atoms with Crippen molar-refractivity contribution in [1.29, 1.82) is 0 Å². The van der Waals surface area contributed by atoms with E-state index in [0.717, 1.165) is 13.0 Å². The average molecular weight is 272 g/mol. The van der Waals surface area contributed by atoms with Crippen molar-refractivity contribution in [2.45, 2.75) is 73.1 Å². The summed E-state index contributed by atoms with van der Waals surface area (Å²) in [5.41, 5.74) is -0.926. The second-order valence-electron chi connectivity index (χ2n) is 6.88. The third kappa shape index (κ3) is 7.41. The molecule has 0 spiro atoms. The number of alkyl carbamates (subject to hydrolysis) is 1. The van der Waals surface area contributed by atoms with Crippen LogP contribution in [-0.4, -0.2) is 23.9 Å². The van der Waals surface area contributed by atoms with Gasteiger partial charge < -0.3 is 10.1 Å². The van der Waals surface area contributed by atoms with E-state index in [9.17, 15) is 4.79 Å². The van der Waals surface area contributed by atoms with Crippen molar-refractivity contribution < 1.29 is 9.53 Å². The molecule has 0 fully saturated rings. The summed E-state index contributed by atoms with van der Waals surface area (Å²) in [6, 6.07) is 0. The zero-order chi connectivity index (χ0) is 15.3. The molecule has 2 N–H and O–H groups in total. The first-order valence-electron chi connectivity index (χ1n) is 7.26. The standard InChI is InChI=1S/C15H32N2O2/c1-9-12(4)10-16-15(8,11(2)3)17-13(18)19-14(5,6)7/h11-12,16H,9-10H2,1-8H3,(H,17,18)/t12?,15-/m0/s1. The van der Waals surface area contributed by atoms with Crippen molar-refractivity contribution in [2.75, 3.05) is 6.54 Å². The number of hydrogen-bond acceptors (Lipinski definition) is 3. The normalized spacial score (nSPS) is 16.9. The number of nitrogens with one attached hydrogen (secondary N) is 2. The van der Waals surface area contributed by atoms with E-state index in [1.165, 1.54) is 0 Å². The highest BCUT2D eigenvalue weighted by Crippen LogP contribution is 2.16. The van der Waals surface area contributed by atoms with Gasteiger partial charge in [-0.2, -0.15) is 0 Å². The fourth-order valence-corrected chi connectivity index (χ4v) is 1.44. The molecule has 1 unspecified atom stereocenters. The van der Waals surface area contributed by atoms with E-state index in [2.05, 4.69) is 38.3 Å². The van der Waals surface area contributed by atoms with Crippen molar-refractivity contribution in [1.82, 2.24) is 10.6 Å². The van der Waals surface area contributed by atoms with E-state index < -0.39 is 11.3 Å². The van der Waals surface area contributed by atoms with Crippen LogP contribution in [0.4, 0.5) is 4.79 Å². The minimum absolute atomic E-state index is 0.268. The lowest BCUT2D eigenvalue weighted by Gasteiger charge is -2.37. The van der Waals surface area contributed by atoms with Crippen LogP contribution in [0.15, 0.2) is 0 Å². The number of carbonyl (C=O) groups is 1. The second-order valence-corrected chi connectivity index (χ2v) is 6.88. The first kappa shape index (κ1) is 18.2. The Hall–Kier alpha value is -0.770. The van der Waals surface area contributed by atoms with E-state index in [4.69, 9.17) is 4.74 Å². The van der Waals surface area contributed by atoms with Crippen LogP contribution < -0.4 is 10.6 Å². The zero-order valence-corrected chi connectivity index (χ0v) is 13.9. The molecule has 0 saturated heterocycles. The van der Waals surface area contributed by atoms with Gasteiger partial charge in [-0.15, -0.1) is 0 Å². The molecule has 114 valence electrons. The number of ether oxygens (including phenoxy) is 1. The minimum Gasteiger partial charge on any atom is -0.444 e. The number of amides is 1. The Morgan fingerprint density at radius 1 is 1.16 bits per heavy atom.